The second-order valence-corrected chi connectivity index (χ2v) is 5.22. The lowest BCUT2D eigenvalue weighted by Crippen LogP contribution is -2.54. The van der Waals surface area contributed by atoms with Crippen molar-refractivity contribution in [2.24, 2.45) is 0 Å². The van der Waals surface area contributed by atoms with Gasteiger partial charge < -0.3 is 14.8 Å². The first-order chi connectivity index (χ1) is 8.66. The number of hydrogen-bond acceptors (Lipinski definition) is 4. The molecular weight excluding hydrogens is 232 g/mol. The number of amides is 1. The van der Waals surface area contributed by atoms with E-state index in [0.29, 0.717) is 25.7 Å². The number of nitrogens with one attached hydrogen (secondary N) is 1. The lowest BCUT2D eigenvalue weighted by Gasteiger charge is -2.34. The van der Waals surface area contributed by atoms with Gasteiger partial charge in [0, 0.05) is 19.0 Å². The molecule has 1 unspecified atom stereocenters. The third kappa shape index (κ3) is 4.07. The van der Waals surface area contributed by atoms with Crippen LogP contribution in [0.3, 0.4) is 0 Å². The van der Waals surface area contributed by atoms with Crippen LogP contribution in [0.15, 0.2) is 0 Å². The van der Waals surface area contributed by atoms with Crippen LogP contribution in [0.1, 0.15) is 32.6 Å². The molecule has 0 bridgehead atoms. The molecule has 5 nitrogen and oxygen atoms in total. The van der Waals surface area contributed by atoms with Crippen LogP contribution in [0.2, 0.25) is 0 Å². The van der Waals surface area contributed by atoms with Gasteiger partial charge in [-0.15, -0.1) is 0 Å². The first-order valence-electron chi connectivity index (χ1n) is 6.78. The minimum atomic E-state index is -0.175. The Kier molecular flexibility index (Phi) is 4.72. The standard InChI is InChI=1S/C13H22N2O3/c1-10(16)3-2-6-15-7-8-18-9-12(15)13(17)14-11-4-5-11/h11-12H,2-9H2,1H3,(H,14,17). The summed E-state index contributed by atoms with van der Waals surface area (Å²) in [5.74, 6) is 0.294. The fraction of sp³-hybridized carbons (Fsp3) is 0.846. The Morgan fingerprint density at radius 3 is 2.83 bits per heavy atom. The molecule has 0 spiro atoms. The highest BCUT2D eigenvalue weighted by molar-refractivity contribution is 5.82. The van der Waals surface area contributed by atoms with Crippen molar-refractivity contribution in [2.75, 3.05) is 26.3 Å². The minimum absolute atomic E-state index is 0.0834. The van der Waals surface area contributed by atoms with Crippen LogP contribution in [0.25, 0.3) is 0 Å². The number of carbonyl (C=O) groups excluding carboxylic acids is 2. The molecule has 1 saturated carbocycles. The lowest BCUT2D eigenvalue weighted by atomic mass is 10.1. The van der Waals surface area contributed by atoms with Crippen molar-refractivity contribution >= 4 is 11.7 Å². The average molecular weight is 254 g/mol. The third-order valence-electron chi connectivity index (χ3n) is 3.44. The van der Waals surface area contributed by atoms with Crippen LogP contribution in [0, 0.1) is 0 Å². The summed E-state index contributed by atoms with van der Waals surface area (Å²) in [6.45, 7) is 4.33. The van der Waals surface area contributed by atoms with Crippen LogP contribution in [0.5, 0.6) is 0 Å². The van der Waals surface area contributed by atoms with Gasteiger partial charge in [0.15, 0.2) is 0 Å². The van der Waals surface area contributed by atoms with E-state index >= 15 is 0 Å². The molecule has 2 rings (SSSR count). The quantitative estimate of drug-likeness (QED) is 0.742. The molecule has 1 aliphatic carbocycles. The summed E-state index contributed by atoms with van der Waals surface area (Å²) in [4.78, 5) is 25.1. The van der Waals surface area contributed by atoms with Crippen LogP contribution < -0.4 is 5.32 Å². The predicted molar refractivity (Wildman–Crippen MR) is 67.3 cm³/mol. The zero-order chi connectivity index (χ0) is 13.0. The number of nitrogens with zero attached hydrogens (tertiary/aromatic N) is 1. The molecule has 102 valence electrons. The van der Waals surface area contributed by atoms with E-state index in [9.17, 15) is 9.59 Å². The van der Waals surface area contributed by atoms with Crippen molar-refractivity contribution < 1.29 is 14.3 Å². The maximum absolute atomic E-state index is 12.1. The number of rotatable bonds is 6. The van der Waals surface area contributed by atoms with Gasteiger partial charge in [-0.05, 0) is 32.7 Å². The summed E-state index contributed by atoms with van der Waals surface area (Å²) >= 11 is 0. The van der Waals surface area contributed by atoms with Gasteiger partial charge in [-0.25, -0.2) is 0 Å². The van der Waals surface area contributed by atoms with Gasteiger partial charge in [-0.3, -0.25) is 9.69 Å². The van der Waals surface area contributed by atoms with Crippen molar-refractivity contribution in [2.45, 2.75) is 44.7 Å². The maximum Gasteiger partial charge on any atom is 0.239 e. The highest BCUT2D eigenvalue weighted by Gasteiger charge is 2.32. The van der Waals surface area contributed by atoms with Crippen molar-refractivity contribution in [1.29, 1.82) is 0 Å². The van der Waals surface area contributed by atoms with Crippen LogP contribution in [-0.2, 0) is 14.3 Å². The number of hydrogen-bond donors (Lipinski definition) is 1. The fourth-order valence-electron chi connectivity index (χ4n) is 2.20. The molecule has 1 aliphatic heterocycles. The van der Waals surface area contributed by atoms with Crippen molar-refractivity contribution in [1.82, 2.24) is 10.2 Å². The van der Waals surface area contributed by atoms with E-state index in [2.05, 4.69) is 10.2 Å². The van der Waals surface area contributed by atoms with Gasteiger partial charge in [0.1, 0.15) is 11.8 Å². The smallest absolute Gasteiger partial charge is 0.239 e. The zero-order valence-electron chi connectivity index (χ0n) is 11.0. The molecule has 0 aromatic rings. The minimum Gasteiger partial charge on any atom is -0.378 e. The highest BCUT2D eigenvalue weighted by atomic mass is 16.5. The maximum atomic E-state index is 12.1. The molecule has 0 aromatic heterocycles. The molecule has 1 amide bonds. The van der Waals surface area contributed by atoms with Gasteiger partial charge in [0.2, 0.25) is 5.91 Å². The Bertz CT molecular complexity index is 315. The zero-order valence-corrected chi connectivity index (χ0v) is 11.0. The number of carbonyl (C=O) groups is 2. The molecule has 1 saturated heterocycles. The molecule has 18 heavy (non-hydrogen) atoms. The third-order valence-corrected chi connectivity index (χ3v) is 3.44. The van der Waals surface area contributed by atoms with E-state index in [1.807, 2.05) is 0 Å². The van der Waals surface area contributed by atoms with E-state index in [1.54, 1.807) is 6.92 Å². The van der Waals surface area contributed by atoms with E-state index in [-0.39, 0.29) is 17.7 Å². The molecule has 0 aromatic carbocycles. The Hall–Kier alpha value is -0.940. The van der Waals surface area contributed by atoms with E-state index in [4.69, 9.17) is 4.74 Å². The van der Waals surface area contributed by atoms with Gasteiger partial charge in [-0.2, -0.15) is 0 Å². The number of ketones is 1. The second kappa shape index (κ2) is 6.29. The normalized spacial score (nSPS) is 24.8. The molecule has 2 fully saturated rings. The first kappa shape index (κ1) is 13.5. The topological polar surface area (TPSA) is 58.6 Å². The molecule has 1 atom stereocenters. The summed E-state index contributed by atoms with van der Waals surface area (Å²) in [5, 5.41) is 3.03. The second-order valence-electron chi connectivity index (χ2n) is 5.22. The van der Waals surface area contributed by atoms with Crippen molar-refractivity contribution in [3.05, 3.63) is 0 Å². The monoisotopic (exact) mass is 254 g/mol. The first-order valence-corrected chi connectivity index (χ1v) is 6.78. The Balaban J connectivity index is 1.80. The van der Waals surface area contributed by atoms with Gasteiger partial charge >= 0.3 is 0 Å². The average Bonchev–Trinajstić information content (AvgIpc) is 3.13. The summed E-state index contributed by atoms with van der Waals surface area (Å²) < 4.78 is 5.39. The number of Topliss-reactive ketones (excluding diaryl/α,β-unsaturated/α-hetero) is 1. The van der Waals surface area contributed by atoms with E-state index in [0.717, 1.165) is 32.4 Å². The lowest BCUT2D eigenvalue weighted by molar-refractivity contribution is -0.132. The predicted octanol–water partition coefficient (Wildman–Crippen LogP) is 0.335. The number of ether oxygens (including phenoxy) is 1. The molecule has 1 heterocycles. The largest absolute Gasteiger partial charge is 0.378 e. The SMILES string of the molecule is CC(=O)CCCN1CCOCC1C(=O)NC1CC1. The molecule has 5 heteroatoms. The van der Waals surface area contributed by atoms with E-state index < -0.39 is 0 Å². The van der Waals surface area contributed by atoms with Gasteiger partial charge in [0.25, 0.3) is 0 Å². The fourth-order valence-corrected chi connectivity index (χ4v) is 2.20. The number of morpholine rings is 1. The summed E-state index contributed by atoms with van der Waals surface area (Å²) in [6, 6.07) is 0.213. The Morgan fingerprint density at radius 1 is 1.39 bits per heavy atom. The molecule has 1 N–H and O–H groups in total. The molecule has 2 aliphatic rings. The van der Waals surface area contributed by atoms with Crippen LogP contribution >= 0.6 is 0 Å². The summed E-state index contributed by atoms with van der Waals surface area (Å²) in [6.07, 6.45) is 3.62. The van der Waals surface area contributed by atoms with Crippen LogP contribution in [0.4, 0.5) is 0 Å². The molecular formula is C13H22N2O3. The summed E-state index contributed by atoms with van der Waals surface area (Å²) in [7, 11) is 0. The Labute approximate surface area is 108 Å². The molecule has 0 radical (unpaired) electrons. The van der Waals surface area contributed by atoms with Gasteiger partial charge in [-0.1, -0.05) is 0 Å². The van der Waals surface area contributed by atoms with Crippen molar-refractivity contribution in [3.63, 3.8) is 0 Å². The van der Waals surface area contributed by atoms with Crippen molar-refractivity contribution in [3.8, 4) is 0 Å². The summed E-state index contributed by atoms with van der Waals surface area (Å²) in [5.41, 5.74) is 0. The van der Waals surface area contributed by atoms with Gasteiger partial charge in [0.05, 0.1) is 13.2 Å². The highest BCUT2D eigenvalue weighted by Crippen LogP contribution is 2.19. The van der Waals surface area contributed by atoms with Crippen LogP contribution in [-0.4, -0.2) is 55.0 Å². The van der Waals surface area contributed by atoms with E-state index in [1.165, 1.54) is 0 Å². The Morgan fingerprint density at radius 2 is 2.17 bits per heavy atom.